The fraction of sp³-hybridized carbons (Fsp3) is 1.00. The van der Waals surface area contributed by atoms with Crippen LogP contribution in [0.25, 0.3) is 0 Å². The van der Waals surface area contributed by atoms with E-state index in [1.54, 1.807) is 0 Å². The van der Waals surface area contributed by atoms with Gasteiger partial charge >= 0.3 is 15.6 Å². The van der Waals surface area contributed by atoms with E-state index in [1.807, 2.05) is 0 Å². The van der Waals surface area contributed by atoms with Crippen molar-refractivity contribution in [2.45, 2.75) is 96.0 Å². The van der Waals surface area contributed by atoms with E-state index in [2.05, 4.69) is 18.7 Å². The molecular formula is C17H34F3NO3S. The van der Waals surface area contributed by atoms with Crippen LogP contribution in [0.1, 0.15) is 84.5 Å². The van der Waals surface area contributed by atoms with Gasteiger partial charge in [0.25, 0.3) is 0 Å². The minimum absolute atomic E-state index is 0.906. The minimum Gasteiger partial charge on any atom is -0.300 e. The van der Waals surface area contributed by atoms with Crippen LogP contribution in [-0.4, -0.2) is 42.5 Å². The van der Waals surface area contributed by atoms with Crippen molar-refractivity contribution in [1.82, 2.24) is 4.90 Å². The highest BCUT2D eigenvalue weighted by atomic mass is 32.2. The Labute approximate surface area is 150 Å². The average Bonchev–Trinajstić information content (AvgIpc) is 2.53. The van der Waals surface area contributed by atoms with E-state index in [0.29, 0.717) is 0 Å². The molecule has 1 heterocycles. The molecule has 0 bridgehead atoms. The number of hydrogen-bond donors (Lipinski definition) is 1. The van der Waals surface area contributed by atoms with Crippen LogP contribution in [0.3, 0.4) is 0 Å². The normalized spacial score (nSPS) is 19.4. The second-order valence-electron chi connectivity index (χ2n) is 6.64. The van der Waals surface area contributed by atoms with E-state index in [9.17, 15) is 13.2 Å². The highest BCUT2D eigenvalue weighted by Gasteiger charge is 2.44. The maximum atomic E-state index is 10.7. The van der Waals surface area contributed by atoms with E-state index in [4.69, 9.17) is 13.0 Å². The lowest BCUT2D eigenvalue weighted by molar-refractivity contribution is -0.0510. The molecule has 1 aliphatic rings. The summed E-state index contributed by atoms with van der Waals surface area (Å²) in [5, 5.41) is 0. The molecule has 0 spiro atoms. The molecule has 1 unspecified atom stereocenters. The predicted octanol–water partition coefficient (Wildman–Crippen LogP) is 5.40. The molecule has 25 heavy (non-hydrogen) atoms. The van der Waals surface area contributed by atoms with Gasteiger partial charge in [0.2, 0.25) is 0 Å². The maximum Gasteiger partial charge on any atom is 0.522 e. The molecule has 0 saturated carbocycles. The molecular weight excluding hydrogens is 355 g/mol. The molecule has 1 aliphatic heterocycles. The number of nitrogens with zero attached hydrogens (tertiary/aromatic N) is 1. The zero-order chi connectivity index (χ0) is 19.3. The first-order chi connectivity index (χ1) is 11.6. The molecule has 0 amide bonds. The quantitative estimate of drug-likeness (QED) is 0.326. The number of rotatable bonds is 9. The summed E-state index contributed by atoms with van der Waals surface area (Å²) >= 11 is 0. The third-order valence-electron chi connectivity index (χ3n) is 4.56. The van der Waals surface area contributed by atoms with Crippen LogP contribution in [0.5, 0.6) is 0 Å². The Bertz CT molecular complexity index is 427. The third kappa shape index (κ3) is 11.8. The molecule has 8 heteroatoms. The Kier molecular flexibility index (Phi) is 12.7. The predicted molar refractivity (Wildman–Crippen MR) is 95.1 cm³/mol. The van der Waals surface area contributed by atoms with Crippen molar-refractivity contribution in [3.8, 4) is 0 Å². The van der Waals surface area contributed by atoms with Gasteiger partial charge in [-0.15, -0.1) is 0 Å². The summed E-state index contributed by atoms with van der Waals surface area (Å²) < 4.78 is 57.5. The van der Waals surface area contributed by atoms with Gasteiger partial charge in [-0.1, -0.05) is 58.8 Å². The molecule has 0 aliphatic carbocycles. The molecule has 1 atom stereocenters. The van der Waals surface area contributed by atoms with E-state index in [0.717, 1.165) is 6.04 Å². The number of halogens is 3. The van der Waals surface area contributed by atoms with Gasteiger partial charge in [0, 0.05) is 6.04 Å². The lowest BCUT2D eigenvalue weighted by atomic mass is 9.99. The van der Waals surface area contributed by atoms with Crippen molar-refractivity contribution >= 4 is 10.1 Å². The number of piperidine rings is 1. The first-order valence-electron chi connectivity index (χ1n) is 9.41. The molecule has 1 rings (SSSR count). The zero-order valence-corrected chi connectivity index (χ0v) is 16.3. The van der Waals surface area contributed by atoms with Gasteiger partial charge in [0.1, 0.15) is 0 Å². The standard InChI is InChI=1S/C16H33N.CHF3O3S/c1-3-5-6-7-8-9-11-14-17-15-12-10-13-16(17)4-2;2-1(3,4)8(5,6)7/h16H,3-15H2,1-2H3;(H,5,6,7). The Hall–Kier alpha value is -0.340. The first kappa shape index (κ1) is 24.7. The Balaban J connectivity index is 0.000000609. The van der Waals surface area contributed by atoms with Crippen molar-refractivity contribution in [3.05, 3.63) is 0 Å². The van der Waals surface area contributed by atoms with Gasteiger partial charge in [0.05, 0.1) is 0 Å². The van der Waals surface area contributed by atoms with Crippen LogP contribution in [-0.2, 0) is 10.1 Å². The molecule has 0 aromatic rings. The summed E-state index contributed by atoms with van der Waals surface area (Å²) in [6.45, 7) is 7.38. The number of alkyl halides is 3. The van der Waals surface area contributed by atoms with Crippen LogP contribution >= 0.6 is 0 Å². The molecule has 152 valence electrons. The Morgan fingerprint density at radius 2 is 1.52 bits per heavy atom. The summed E-state index contributed by atoms with van der Waals surface area (Å²) in [6.07, 6.45) is 15.8. The summed E-state index contributed by atoms with van der Waals surface area (Å²) in [7, 11) is -5.84. The minimum atomic E-state index is -5.84. The molecule has 4 nitrogen and oxygen atoms in total. The summed E-state index contributed by atoms with van der Waals surface area (Å²) in [5.74, 6) is 0. The van der Waals surface area contributed by atoms with Crippen LogP contribution in [0.4, 0.5) is 13.2 Å². The van der Waals surface area contributed by atoms with Gasteiger partial charge in [-0.2, -0.15) is 21.6 Å². The van der Waals surface area contributed by atoms with Crippen LogP contribution < -0.4 is 0 Å². The Morgan fingerprint density at radius 1 is 1.00 bits per heavy atom. The van der Waals surface area contributed by atoms with E-state index in [-0.39, 0.29) is 0 Å². The smallest absolute Gasteiger partial charge is 0.300 e. The van der Waals surface area contributed by atoms with Crippen LogP contribution in [0.2, 0.25) is 0 Å². The van der Waals surface area contributed by atoms with E-state index >= 15 is 0 Å². The van der Waals surface area contributed by atoms with Crippen LogP contribution in [0, 0.1) is 0 Å². The van der Waals surface area contributed by atoms with Crippen molar-refractivity contribution in [2.24, 2.45) is 0 Å². The van der Waals surface area contributed by atoms with Crippen molar-refractivity contribution in [1.29, 1.82) is 0 Å². The number of unbranched alkanes of at least 4 members (excludes halogenated alkanes) is 6. The van der Waals surface area contributed by atoms with Gasteiger partial charge in [0.15, 0.2) is 0 Å². The summed E-state index contributed by atoms with van der Waals surface area (Å²) in [5.41, 5.74) is -5.53. The summed E-state index contributed by atoms with van der Waals surface area (Å²) in [6, 6.07) is 0.906. The maximum absolute atomic E-state index is 10.7. The second-order valence-corrected chi connectivity index (χ2v) is 8.05. The van der Waals surface area contributed by atoms with Crippen molar-refractivity contribution < 1.29 is 26.1 Å². The monoisotopic (exact) mass is 389 g/mol. The molecule has 0 aromatic carbocycles. The molecule has 1 N–H and O–H groups in total. The topological polar surface area (TPSA) is 57.6 Å². The molecule has 0 aromatic heterocycles. The van der Waals surface area contributed by atoms with E-state index in [1.165, 1.54) is 83.7 Å². The average molecular weight is 390 g/mol. The zero-order valence-electron chi connectivity index (χ0n) is 15.5. The lowest BCUT2D eigenvalue weighted by Crippen LogP contribution is -2.39. The van der Waals surface area contributed by atoms with Gasteiger partial charge < -0.3 is 4.90 Å². The Morgan fingerprint density at radius 3 is 2.00 bits per heavy atom. The highest BCUT2D eigenvalue weighted by Crippen LogP contribution is 2.21. The second kappa shape index (κ2) is 12.9. The molecule has 1 saturated heterocycles. The number of likely N-dealkylation sites (tertiary alicyclic amines) is 1. The van der Waals surface area contributed by atoms with Gasteiger partial charge in [-0.25, -0.2) is 0 Å². The first-order valence-corrected chi connectivity index (χ1v) is 10.8. The number of hydrogen-bond acceptors (Lipinski definition) is 3. The fourth-order valence-electron chi connectivity index (χ4n) is 3.09. The fourth-order valence-corrected chi connectivity index (χ4v) is 3.09. The van der Waals surface area contributed by atoms with E-state index < -0.39 is 15.6 Å². The SMILES string of the molecule is CCCCCCCCCN1CCCCC1CC.O=S(=O)(O)C(F)(F)F. The largest absolute Gasteiger partial charge is 0.522 e. The summed E-state index contributed by atoms with van der Waals surface area (Å²) in [4.78, 5) is 2.76. The van der Waals surface area contributed by atoms with Crippen molar-refractivity contribution in [3.63, 3.8) is 0 Å². The van der Waals surface area contributed by atoms with Crippen LogP contribution in [0.15, 0.2) is 0 Å². The highest BCUT2D eigenvalue weighted by molar-refractivity contribution is 7.86. The molecule has 1 fully saturated rings. The third-order valence-corrected chi connectivity index (χ3v) is 5.15. The lowest BCUT2D eigenvalue weighted by Gasteiger charge is -2.35. The van der Waals surface area contributed by atoms with Crippen molar-refractivity contribution in [2.75, 3.05) is 13.1 Å². The van der Waals surface area contributed by atoms with Gasteiger partial charge in [-0.3, -0.25) is 4.55 Å². The molecule has 0 radical (unpaired) electrons. The van der Waals surface area contributed by atoms with Gasteiger partial charge in [-0.05, 0) is 38.8 Å².